The molecule has 0 aliphatic carbocycles. The van der Waals surface area contributed by atoms with Crippen molar-refractivity contribution in [2.45, 2.75) is 59.0 Å². The first-order valence-corrected chi connectivity index (χ1v) is 9.88. The molecule has 0 spiro atoms. The molecule has 1 aromatic rings. The van der Waals surface area contributed by atoms with Crippen LogP contribution in [0.4, 0.5) is 10.6 Å². The van der Waals surface area contributed by atoms with Crippen LogP contribution >= 0.6 is 0 Å². The van der Waals surface area contributed by atoms with Gasteiger partial charge < -0.3 is 14.8 Å². The highest BCUT2D eigenvalue weighted by molar-refractivity contribution is 5.99. The normalized spacial score (nSPS) is 11.9. The van der Waals surface area contributed by atoms with Gasteiger partial charge in [0.15, 0.2) is 5.78 Å². The van der Waals surface area contributed by atoms with E-state index in [4.69, 9.17) is 9.47 Å². The quantitative estimate of drug-likeness (QED) is 0.440. The van der Waals surface area contributed by atoms with Crippen molar-refractivity contribution in [2.24, 2.45) is 5.92 Å². The van der Waals surface area contributed by atoms with Crippen LogP contribution < -0.4 is 10.6 Å². The van der Waals surface area contributed by atoms with Crippen LogP contribution in [0.15, 0.2) is 18.3 Å². The van der Waals surface area contributed by atoms with Gasteiger partial charge in [0.2, 0.25) is 5.91 Å². The maximum atomic E-state index is 12.4. The third-order valence-corrected chi connectivity index (χ3v) is 3.96. The summed E-state index contributed by atoms with van der Waals surface area (Å²) in [5, 5.41) is 5.01. The van der Waals surface area contributed by atoms with E-state index in [1.165, 1.54) is 13.3 Å². The molecule has 0 aliphatic rings. The second kappa shape index (κ2) is 11.9. The molecule has 30 heavy (non-hydrogen) atoms. The van der Waals surface area contributed by atoms with Crippen LogP contribution in [0.25, 0.3) is 0 Å². The molecule has 166 valence electrons. The number of unbranched alkanes of at least 4 members (excludes halogenated alkanes) is 1. The summed E-state index contributed by atoms with van der Waals surface area (Å²) < 4.78 is 9.87. The average molecular weight is 421 g/mol. The first-order chi connectivity index (χ1) is 14.1. The fourth-order valence-corrected chi connectivity index (χ4v) is 2.46. The van der Waals surface area contributed by atoms with Crippen molar-refractivity contribution in [3.63, 3.8) is 0 Å². The minimum absolute atomic E-state index is 0.0430. The van der Waals surface area contributed by atoms with E-state index < -0.39 is 29.5 Å². The highest BCUT2D eigenvalue weighted by Crippen LogP contribution is 2.14. The van der Waals surface area contributed by atoms with Crippen LogP contribution in [0.3, 0.4) is 0 Å². The van der Waals surface area contributed by atoms with Gasteiger partial charge in [0.1, 0.15) is 17.3 Å². The molecule has 9 heteroatoms. The lowest BCUT2D eigenvalue weighted by atomic mass is 9.99. The topological polar surface area (TPSA) is 124 Å². The number of ketones is 1. The molecule has 1 unspecified atom stereocenters. The van der Waals surface area contributed by atoms with Gasteiger partial charge in [0.05, 0.1) is 13.7 Å². The van der Waals surface area contributed by atoms with Crippen molar-refractivity contribution in [1.82, 2.24) is 10.3 Å². The third-order valence-electron chi connectivity index (χ3n) is 3.96. The summed E-state index contributed by atoms with van der Waals surface area (Å²) in [6.45, 7) is 7.10. The van der Waals surface area contributed by atoms with E-state index >= 15 is 0 Å². The first-order valence-electron chi connectivity index (χ1n) is 9.88. The lowest BCUT2D eigenvalue weighted by molar-refractivity contribution is -0.150. The van der Waals surface area contributed by atoms with Gasteiger partial charge >= 0.3 is 12.1 Å². The fraction of sp³-hybridized carbons (Fsp3) is 0.571. The van der Waals surface area contributed by atoms with Gasteiger partial charge in [0, 0.05) is 12.6 Å². The number of Topliss-reactive ketones (excluding diaryl/α,β-unsaturated/α-hetero) is 1. The lowest BCUT2D eigenvalue weighted by Gasteiger charge is -2.19. The van der Waals surface area contributed by atoms with Crippen molar-refractivity contribution in [2.75, 3.05) is 19.0 Å². The van der Waals surface area contributed by atoms with Crippen LogP contribution in [0, 0.1) is 5.92 Å². The molecule has 0 saturated carbocycles. The number of ether oxygens (including phenoxy) is 2. The van der Waals surface area contributed by atoms with Gasteiger partial charge in [-0.25, -0.2) is 9.78 Å². The number of nitrogens with one attached hydrogen (secondary N) is 2. The average Bonchev–Trinajstić information content (AvgIpc) is 2.67. The Morgan fingerprint density at radius 3 is 2.40 bits per heavy atom. The summed E-state index contributed by atoms with van der Waals surface area (Å²) in [6, 6.07) is 3.18. The zero-order valence-corrected chi connectivity index (χ0v) is 18.2. The molecule has 0 fully saturated rings. The SMILES string of the molecule is CCCCC(=O)CNC(=O)C(Cc1ccc(NC(=O)OC(C)(C)C)nc1)C(=O)OC. The van der Waals surface area contributed by atoms with Crippen molar-refractivity contribution < 1.29 is 28.7 Å². The van der Waals surface area contributed by atoms with Crippen LogP contribution in [0.2, 0.25) is 0 Å². The minimum atomic E-state index is -1.11. The Morgan fingerprint density at radius 1 is 1.17 bits per heavy atom. The molecule has 9 nitrogen and oxygen atoms in total. The van der Waals surface area contributed by atoms with Gasteiger partial charge in [-0.2, -0.15) is 0 Å². The molecule has 0 aliphatic heterocycles. The van der Waals surface area contributed by atoms with E-state index in [0.29, 0.717) is 12.0 Å². The number of pyridine rings is 1. The number of carbonyl (C=O) groups is 4. The van der Waals surface area contributed by atoms with Crippen LogP contribution in [-0.2, 0) is 30.3 Å². The number of anilines is 1. The monoisotopic (exact) mass is 421 g/mol. The second-order valence-corrected chi connectivity index (χ2v) is 7.82. The molecule has 0 aromatic carbocycles. The predicted octanol–water partition coefficient (Wildman–Crippen LogP) is 2.64. The van der Waals surface area contributed by atoms with Gasteiger partial charge in [-0.1, -0.05) is 19.4 Å². The molecule has 2 amide bonds. The fourth-order valence-electron chi connectivity index (χ4n) is 2.46. The van der Waals surface area contributed by atoms with Crippen molar-refractivity contribution in [1.29, 1.82) is 0 Å². The second-order valence-electron chi connectivity index (χ2n) is 7.82. The van der Waals surface area contributed by atoms with Gasteiger partial charge in [-0.05, 0) is 45.2 Å². The number of amides is 2. The molecule has 0 saturated heterocycles. The Morgan fingerprint density at radius 2 is 1.87 bits per heavy atom. The van der Waals surface area contributed by atoms with Gasteiger partial charge in [-0.15, -0.1) is 0 Å². The molecule has 1 atom stereocenters. The van der Waals surface area contributed by atoms with Crippen molar-refractivity contribution >= 4 is 29.6 Å². The standard InChI is InChI=1S/C21H31N3O6/c1-6-7-8-15(25)13-23-18(26)16(19(27)29-5)11-14-9-10-17(22-12-14)24-20(28)30-21(2,3)4/h9-10,12,16H,6-8,11,13H2,1-5H3,(H,23,26)(H,22,24,28). The molecule has 0 bridgehead atoms. The van der Waals surface area contributed by atoms with Crippen molar-refractivity contribution in [3.05, 3.63) is 23.9 Å². The summed E-state index contributed by atoms with van der Waals surface area (Å²) in [7, 11) is 1.20. The Hall–Kier alpha value is -2.97. The van der Waals surface area contributed by atoms with Crippen LogP contribution in [0.1, 0.15) is 52.5 Å². The summed E-state index contributed by atoms with van der Waals surface area (Å²) in [4.78, 5) is 52.1. The number of hydrogen-bond donors (Lipinski definition) is 2. The third kappa shape index (κ3) is 9.49. The largest absolute Gasteiger partial charge is 0.468 e. The zero-order valence-electron chi connectivity index (χ0n) is 18.2. The summed E-state index contributed by atoms with van der Waals surface area (Å²) in [5.41, 5.74) is -0.0455. The van der Waals surface area contributed by atoms with Gasteiger partial charge in [-0.3, -0.25) is 19.7 Å². The smallest absolute Gasteiger partial charge is 0.413 e. The lowest BCUT2D eigenvalue weighted by Crippen LogP contribution is -2.39. The molecule has 1 aromatic heterocycles. The Balaban J connectivity index is 2.72. The van der Waals surface area contributed by atoms with E-state index in [1.807, 2.05) is 6.92 Å². The zero-order chi connectivity index (χ0) is 22.7. The Labute approximate surface area is 176 Å². The van der Waals surface area contributed by atoms with E-state index in [9.17, 15) is 19.2 Å². The number of hydrogen-bond acceptors (Lipinski definition) is 7. The minimum Gasteiger partial charge on any atom is -0.468 e. The Kier molecular flexibility index (Phi) is 9.94. The Bertz CT molecular complexity index is 740. The summed E-state index contributed by atoms with van der Waals surface area (Å²) >= 11 is 0. The molecular weight excluding hydrogens is 390 g/mol. The maximum absolute atomic E-state index is 12.4. The number of carbonyl (C=O) groups excluding carboxylic acids is 4. The number of rotatable bonds is 10. The number of nitrogens with zero attached hydrogens (tertiary/aromatic N) is 1. The summed E-state index contributed by atoms with van der Waals surface area (Å²) in [5.74, 6) is -2.21. The van der Waals surface area contributed by atoms with Gasteiger partial charge in [0.25, 0.3) is 0 Å². The molecule has 2 N–H and O–H groups in total. The molecule has 1 rings (SSSR count). The highest BCUT2D eigenvalue weighted by Gasteiger charge is 2.28. The molecular formula is C21H31N3O6. The van der Waals surface area contributed by atoms with Crippen LogP contribution in [0.5, 0.6) is 0 Å². The molecule has 0 radical (unpaired) electrons. The molecule has 1 heterocycles. The van der Waals surface area contributed by atoms with Crippen LogP contribution in [-0.4, -0.2) is 48.0 Å². The van der Waals surface area contributed by atoms with E-state index in [2.05, 4.69) is 15.6 Å². The predicted molar refractivity (Wildman–Crippen MR) is 111 cm³/mol. The van der Waals surface area contributed by atoms with E-state index in [1.54, 1.807) is 32.9 Å². The highest BCUT2D eigenvalue weighted by atomic mass is 16.6. The number of esters is 1. The maximum Gasteiger partial charge on any atom is 0.413 e. The summed E-state index contributed by atoms with van der Waals surface area (Å²) in [6.07, 6.45) is 2.88. The van der Waals surface area contributed by atoms with Crippen molar-refractivity contribution in [3.8, 4) is 0 Å². The van der Waals surface area contributed by atoms with E-state index in [0.717, 1.165) is 12.8 Å². The first kappa shape index (κ1) is 25.1. The number of methoxy groups -OCH3 is 1. The number of aromatic nitrogens is 1. The van der Waals surface area contributed by atoms with E-state index in [-0.39, 0.29) is 24.6 Å².